The molecule has 25 heavy (non-hydrogen) atoms. The van der Waals surface area contributed by atoms with E-state index in [0.29, 0.717) is 9.93 Å². The van der Waals surface area contributed by atoms with Crippen LogP contribution in [0.15, 0.2) is 29.2 Å². The summed E-state index contributed by atoms with van der Waals surface area (Å²) in [5, 5.41) is 3.12. The number of hydrogen-bond donors (Lipinski definition) is 1. The molecule has 0 radical (unpaired) electrons. The number of thioether (sulfide) groups is 1. The minimum absolute atomic E-state index is 0.158. The third-order valence-electron chi connectivity index (χ3n) is 4.31. The van der Waals surface area contributed by atoms with Gasteiger partial charge < -0.3 is 5.32 Å². The fourth-order valence-electron chi connectivity index (χ4n) is 3.01. The number of rotatable bonds is 4. The molecule has 0 aromatic heterocycles. The van der Waals surface area contributed by atoms with Crippen LogP contribution >= 0.6 is 23.4 Å². The lowest BCUT2D eigenvalue weighted by Gasteiger charge is -2.23. The van der Waals surface area contributed by atoms with Crippen molar-refractivity contribution < 1.29 is 14.4 Å². The number of amides is 3. The maximum Gasteiger partial charge on any atom is 0.294 e. The minimum atomic E-state index is -0.427. The van der Waals surface area contributed by atoms with Crippen LogP contribution in [-0.4, -0.2) is 34.5 Å². The average molecular weight is 379 g/mol. The average Bonchev–Trinajstić information content (AvgIpc) is 2.85. The third-order valence-corrected chi connectivity index (χ3v) is 5.47. The summed E-state index contributed by atoms with van der Waals surface area (Å²) in [4.78, 5) is 38.0. The first-order chi connectivity index (χ1) is 12.0. The van der Waals surface area contributed by atoms with E-state index in [0.717, 1.165) is 47.9 Å². The van der Waals surface area contributed by atoms with Gasteiger partial charge in [0.25, 0.3) is 11.1 Å². The lowest BCUT2D eigenvalue weighted by atomic mass is 9.95. The van der Waals surface area contributed by atoms with Crippen LogP contribution in [0.4, 0.5) is 4.79 Å². The van der Waals surface area contributed by atoms with E-state index in [-0.39, 0.29) is 18.5 Å². The molecule has 2 fully saturated rings. The molecule has 1 aromatic rings. The molecule has 0 spiro atoms. The van der Waals surface area contributed by atoms with Crippen LogP contribution in [0.2, 0.25) is 5.02 Å². The molecule has 1 saturated carbocycles. The Balaban J connectivity index is 1.62. The number of benzene rings is 1. The smallest absolute Gasteiger partial charge is 0.294 e. The van der Waals surface area contributed by atoms with Crippen LogP contribution in [-0.2, 0) is 9.59 Å². The molecule has 5 nitrogen and oxygen atoms in total. The molecular formula is C18H19ClN2O3S. The lowest BCUT2D eigenvalue weighted by molar-refractivity contribution is -0.129. The van der Waals surface area contributed by atoms with Gasteiger partial charge in [-0.25, -0.2) is 0 Å². The Morgan fingerprint density at radius 2 is 1.88 bits per heavy atom. The number of hydrogen-bond acceptors (Lipinski definition) is 4. The van der Waals surface area contributed by atoms with Crippen LogP contribution < -0.4 is 5.32 Å². The first kappa shape index (κ1) is 18.0. The van der Waals surface area contributed by atoms with Crippen molar-refractivity contribution in [2.24, 2.45) is 0 Å². The molecule has 3 rings (SSSR count). The standard InChI is InChI=1S/C18H19ClN2O3S/c19-13-8-6-12(7-9-13)10-15-17(23)21(18(24)25-15)11-16(22)20-14-4-2-1-3-5-14/h6-10,14H,1-5,11H2,(H,20,22). The van der Waals surface area contributed by atoms with Crippen LogP contribution in [0, 0.1) is 0 Å². The molecule has 0 atom stereocenters. The summed E-state index contributed by atoms with van der Waals surface area (Å²) in [6, 6.07) is 7.13. The summed E-state index contributed by atoms with van der Waals surface area (Å²) < 4.78 is 0. The zero-order chi connectivity index (χ0) is 17.8. The Labute approximate surface area is 155 Å². The second kappa shape index (κ2) is 8.06. The largest absolute Gasteiger partial charge is 0.352 e. The Hall–Kier alpha value is -1.79. The normalized spacial score (nSPS) is 20.4. The minimum Gasteiger partial charge on any atom is -0.352 e. The first-order valence-electron chi connectivity index (χ1n) is 8.33. The predicted octanol–water partition coefficient (Wildman–Crippen LogP) is 3.83. The van der Waals surface area contributed by atoms with Crippen LogP contribution in [0.5, 0.6) is 0 Å². The Morgan fingerprint density at radius 1 is 1.20 bits per heavy atom. The summed E-state index contributed by atoms with van der Waals surface area (Å²) in [6.45, 7) is -0.223. The van der Waals surface area contributed by atoms with Crippen molar-refractivity contribution >= 4 is 46.5 Å². The molecule has 0 unspecified atom stereocenters. The fourth-order valence-corrected chi connectivity index (χ4v) is 3.97. The molecule has 1 saturated heterocycles. The monoisotopic (exact) mass is 378 g/mol. The molecular weight excluding hydrogens is 360 g/mol. The van der Waals surface area contributed by atoms with Crippen molar-refractivity contribution in [3.63, 3.8) is 0 Å². The molecule has 7 heteroatoms. The van der Waals surface area contributed by atoms with Crippen molar-refractivity contribution in [1.82, 2.24) is 10.2 Å². The quantitative estimate of drug-likeness (QED) is 0.808. The number of carbonyl (C=O) groups is 3. The van der Waals surface area contributed by atoms with E-state index in [1.165, 1.54) is 6.42 Å². The number of nitrogens with one attached hydrogen (secondary N) is 1. The Morgan fingerprint density at radius 3 is 2.56 bits per heavy atom. The highest BCUT2D eigenvalue weighted by atomic mass is 35.5. The highest BCUT2D eigenvalue weighted by Crippen LogP contribution is 2.32. The first-order valence-corrected chi connectivity index (χ1v) is 9.52. The SMILES string of the molecule is O=C(CN1C(=O)SC(=Cc2ccc(Cl)cc2)C1=O)NC1CCCCC1. The van der Waals surface area contributed by atoms with Gasteiger partial charge in [0, 0.05) is 11.1 Å². The van der Waals surface area contributed by atoms with Crippen molar-refractivity contribution in [3.8, 4) is 0 Å². The maximum absolute atomic E-state index is 12.4. The molecule has 3 amide bonds. The predicted molar refractivity (Wildman–Crippen MR) is 99.1 cm³/mol. The molecule has 1 aliphatic carbocycles. The fraction of sp³-hybridized carbons (Fsp3) is 0.389. The van der Waals surface area contributed by atoms with Crippen molar-refractivity contribution in [2.45, 2.75) is 38.1 Å². The highest BCUT2D eigenvalue weighted by molar-refractivity contribution is 8.18. The van der Waals surface area contributed by atoms with E-state index in [9.17, 15) is 14.4 Å². The van der Waals surface area contributed by atoms with Crippen molar-refractivity contribution in [1.29, 1.82) is 0 Å². The van der Waals surface area contributed by atoms with E-state index >= 15 is 0 Å². The molecule has 1 N–H and O–H groups in total. The molecule has 132 valence electrons. The zero-order valence-electron chi connectivity index (χ0n) is 13.7. The number of halogens is 1. The van der Waals surface area contributed by atoms with E-state index in [1.807, 2.05) is 0 Å². The zero-order valence-corrected chi connectivity index (χ0v) is 15.2. The van der Waals surface area contributed by atoms with Gasteiger partial charge in [0.15, 0.2) is 0 Å². The lowest BCUT2D eigenvalue weighted by Crippen LogP contribution is -2.44. The summed E-state index contributed by atoms with van der Waals surface area (Å²) in [5.74, 6) is -0.703. The summed E-state index contributed by atoms with van der Waals surface area (Å²) in [7, 11) is 0. The topological polar surface area (TPSA) is 66.5 Å². The summed E-state index contributed by atoms with van der Waals surface area (Å²) in [5.41, 5.74) is 0.779. The molecule has 0 bridgehead atoms. The number of carbonyl (C=O) groups excluding carboxylic acids is 3. The van der Waals surface area contributed by atoms with Gasteiger partial charge in [-0.2, -0.15) is 0 Å². The highest BCUT2D eigenvalue weighted by Gasteiger charge is 2.36. The van der Waals surface area contributed by atoms with Crippen molar-refractivity contribution in [2.75, 3.05) is 6.54 Å². The van der Waals surface area contributed by atoms with Gasteiger partial charge in [-0.05, 0) is 48.4 Å². The summed E-state index contributed by atoms with van der Waals surface area (Å²) >= 11 is 6.70. The van der Waals surface area contributed by atoms with E-state index < -0.39 is 11.1 Å². The van der Waals surface area contributed by atoms with Crippen molar-refractivity contribution in [3.05, 3.63) is 39.8 Å². The Bertz CT molecular complexity index is 712. The molecule has 1 aliphatic heterocycles. The maximum atomic E-state index is 12.4. The van der Waals surface area contributed by atoms with Gasteiger partial charge in [0.1, 0.15) is 6.54 Å². The second-order valence-corrected chi connectivity index (χ2v) is 7.65. The van der Waals surface area contributed by atoms with Gasteiger partial charge in [-0.1, -0.05) is 43.0 Å². The molecule has 2 aliphatic rings. The molecule has 1 heterocycles. The van der Waals surface area contributed by atoms with E-state index in [4.69, 9.17) is 11.6 Å². The second-order valence-electron chi connectivity index (χ2n) is 6.22. The third kappa shape index (κ3) is 4.64. The van der Waals surface area contributed by atoms with Crippen LogP contribution in [0.1, 0.15) is 37.7 Å². The number of nitrogens with zero attached hydrogens (tertiary/aromatic N) is 1. The van der Waals surface area contributed by atoms with E-state index in [1.54, 1.807) is 30.3 Å². The number of imide groups is 1. The van der Waals surface area contributed by atoms with Crippen LogP contribution in [0.25, 0.3) is 6.08 Å². The van der Waals surface area contributed by atoms with E-state index in [2.05, 4.69) is 5.32 Å². The van der Waals surface area contributed by atoms with Gasteiger partial charge in [-0.15, -0.1) is 0 Å². The van der Waals surface area contributed by atoms with Gasteiger partial charge >= 0.3 is 0 Å². The van der Waals surface area contributed by atoms with Gasteiger partial charge in [0.05, 0.1) is 4.91 Å². The van der Waals surface area contributed by atoms with Gasteiger partial charge in [-0.3, -0.25) is 19.3 Å². The Kier molecular flexibility index (Phi) is 5.81. The van der Waals surface area contributed by atoms with Gasteiger partial charge in [0.2, 0.25) is 5.91 Å². The van der Waals surface area contributed by atoms with Crippen LogP contribution in [0.3, 0.4) is 0 Å². The molecule has 1 aromatic carbocycles. The summed E-state index contributed by atoms with van der Waals surface area (Å²) in [6.07, 6.45) is 6.98.